The van der Waals surface area contributed by atoms with Crippen LogP contribution in [0.3, 0.4) is 0 Å². The van der Waals surface area contributed by atoms with Gasteiger partial charge in [0.1, 0.15) is 6.54 Å². The van der Waals surface area contributed by atoms with Gasteiger partial charge in [0.05, 0.1) is 18.2 Å². The molecule has 0 unspecified atom stereocenters. The molecule has 2 amide bonds. The fraction of sp³-hybridized carbons (Fsp3) is 0.471. The average molecular weight is 330 g/mol. The van der Waals surface area contributed by atoms with E-state index in [-0.39, 0.29) is 19.1 Å². The highest BCUT2D eigenvalue weighted by atomic mass is 16.5. The first kappa shape index (κ1) is 17.8. The number of ether oxygens (including phenoxy) is 1. The third-order valence-corrected chi connectivity index (χ3v) is 3.87. The number of hydrogen-bond donors (Lipinski definition) is 1. The van der Waals surface area contributed by atoms with Gasteiger partial charge in [-0.3, -0.25) is 9.69 Å². The van der Waals surface area contributed by atoms with Gasteiger partial charge in [-0.15, -0.1) is 0 Å². The Balaban J connectivity index is 1.73. The predicted molar refractivity (Wildman–Crippen MR) is 88.0 cm³/mol. The van der Waals surface area contributed by atoms with Crippen molar-refractivity contribution in [2.75, 3.05) is 39.3 Å². The van der Waals surface area contributed by atoms with E-state index in [9.17, 15) is 9.59 Å². The van der Waals surface area contributed by atoms with E-state index >= 15 is 0 Å². The molecule has 1 N–H and O–H groups in total. The van der Waals surface area contributed by atoms with Crippen LogP contribution < -0.4 is 5.32 Å². The van der Waals surface area contributed by atoms with E-state index < -0.39 is 6.09 Å². The number of carbonyl (C=O) groups is 2. The molecule has 7 heteroatoms. The summed E-state index contributed by atoms with van der Waals surface area (Å²) in [6, 6.07) is 9.65. The molecule has 1 aromatic rings. The van der Waals surface area contributed by atoms with Crippen molar-refractivity contribution in [3.63, 3.8) is 0 Å². The molecule has 0 aromatic heterocycles. The molecule has 1 fully saturated rings. The first-order valence-electron chi connectivity index (χ1n) is 8.02. The van der Waals surface area contributed by atoms with E-state index in [0.29, 0.717) is 18.7 Å². The molecule has 0 radical (unpaired) electrons. The molecule has 1 aliphatic rings. The lowest BCUT2D eigenvalue weighted by Crippen LogP contribution is -2.50. The van der Waals surface area contributed by atoms with Gasteiger partial charge in [-0.1, -0.05) is 12.1 Å². The monoisotopic (exact) mass is 330 g/mol. The molecule has 24 heavy (non-hydrogen) atoms. The van der Waals surface area contributed by atoms with Gasteiger partial charge in [0.25, 0.3) is 0 Å². The number of nitriles is 1. The summed E-state index contributed by atoms with van der Waals surface area (Å²) in [5.41, 5.74) is 1.81. The van der Waals surface area contributed by atoms with E-state index in [0.717, 1.165) is 25.2 Å². The van der Waals surface area contributed by atoms with E-state index in [2.05, 4.69) is 16.3 Å². The van der Waals surface area contributed by atoms with Crippen LogP contribution >= 0.6 is 0 Å². The van der Waals surface area contributed by atoms with Crippen LogP contribution in [-0.2, 0) is 16.1 Å². The minimum Gasteiger partial charge on any atom is -0.450 e. The van der Waals surface area contributed by atoms with Crippen molar-refractivity contribution in [3.8, 4) is 6.07 Å². The summed E-state index contributed by atoms with van der Waals surface area (Å²) in [6.45, 7) is 5.61. The zero-order valence-corrected chi connectivity index (χ0v) is 13.8. The van der Waals surface area contributed by atoms with Crippen molar-refractivity contribution < 1.29 is 14.3 Å². The van der Waals surface area contributed by atoms with Crippen LogP contribution in [0.2, 0.25) is 0 Å². The second kappa shape index (κ2) is 8.89. The van der Waals surface area contributed by atoms with Crippen molar-refractivity contribution in [2.24, 2.45) is 0 Å². The SMILES string of the molecule is CCOC(=O)NCC(=O)N1CCN(Cc2ccc(C#N)cc2)CC1. The summed E-state index contributed by atoms with van der Waals surface area (Å²) >= 11 is 0. The summed E-state index contributed by atoms with van der Waals surface area (Å²) in [6.07, 6.45) is -0.565. The Morgan fingerprint density at radius 2 is 1.88 bits per heavy atom. The van der Waals surface area contributed by atoms with Crippen molar-refractivity contribution in [1.82, 2.24) is 15.1 Å². The number of alkyl carbamates (subject to hydrolysis) is 1. The maximum Gasteiger partial charge on any atom is 0.407 e. The van der Waals surface area contributed by atoms with Gasteiger partial charge in [-0.05, 0) is 24.6 Å². The van der Waals surface area contributed by atoms with Crippen LogP contribution in [0.4, 0.5) is 4.79 Å². The zero-order valence-electron chi connectivity index (χ0n) is 13.8. The molecule has 1 saturated heterocycles. The predicted octanol–water partition coefficient (Wildman–Crippen LogP) is 0.949. The van der Waals surface area contributed by atoms with Crippen molar-refractivity contribution >= 4 is 12.0 Å². The number of benzene rings is 1. The average Bonchev–Trinajstić information content (AvgIpc) is 2.61. The number of rotatable bonds is 5. The molecule has 2 rings (SSSR count). The Bertz CT molecular complexity index is 601. The Morgan fingerprint density at radius 3 is 2.46 bits per heavy atom. The lowest BCUT2D eigenvalue weighted by molar-refractivity contribution is -0.131. The van der Waals surface area contributed by atoms with Crippen LogP contribution in [0.5, 0.6) is 0 Å². The normalized spacial score (nSPS) is 14.8. The maximum atomic E-state index is 12.0. The van der Waals surface area contributed by atoms with Crippen LogP contribution in [0.15, 0.2) is 24.3 Å². The fourth-order valence-electron chi connectivity index (χ4n) is 2.54. The standard InChI is InChI=1S/C17H22N4O3/c1-2-24-17(23)19-12-16(22)21-9-7-20(8-10-21)13-15-5-3-14(11-18)4-6-15/h3-6H,2,7-10,12-13H2,1H3,(H,19,23). The largest absolute Gasteiger partial charge is 0.450 e. The molecule has 128 valence electrons. The summed E-state index contributed by atoms with van der Waals surface area (Å²) in [7, 11) is 0. The molecule has 1 heterocycles. The third kappa shape index (κ3) is 5.25. The fourth-order valence-corrected chi connectivity index (χ4v) is 2.54. The second-order valence-corrected chi connectivity index (χ2v) is 5.54. The van der Waals surface area contributed by atoms with Gasteiger partial charge < -0.3 is 15.0 Å². The molecular formula is C17H22N4O3. The van der Waals surface area contributed by atoms with Crippen LogP contribution in [-0.4, -0.2) is 61.1 Å². The number of hydrogen-bond acceptors (Lipinski definition) is 5. The smallest absolute Gasteiger partial charge is 0.407 e. The van der Waals surface area contributed by atoms with Gasteiger partial charge >= 0.3 is 6.09 Å². The lowest BCUT2D eigenvalue weighted by atomic mass is 10.1. The van der Waals surface area contributed by atoms with E-state index in [4.69, 9.17) is 10.00 Å². The molecule has 7 nitrogen and oxygen atoms in total. The van der Waals surface area contributed by atoms with Crippen molar-refractivity contribution in [1.29, 1.82) is 5.26 Å². The third-order valence-electron chi connectivity index (χ3n) is 3.87. The van der Waals surface area contributed by atoms with Gasteiger partial charge in [-0.25, -0.2) is 4.79 Å². The molecule has 1 aromatic carbocycles. The van der Waals surface area contributed by atoms with Crippen LogP contribution in [0.1, 0.15) is 18.1 Å². The van der Waals surface area contributed by atoms with Crippen LogP contribution in [0, 0.1) is 11.3 Å². The second-order valence-electron chi connectivity index (χ2n) is 5.54. The van der Waals surface area contributed by atoms with E-state index in [1.807, 2.05) is 24.3 Å². The quantitative estimate of drug-likeness (QED) is 0.869. The van der Waals surface area contributed by atoms with Gasteiger partial charge in [0, 0.05) is 32.7 Å². The molecule has 0 bridgehead atoms. The highest BCUT2D eigenvalue weighted by molar-refractivity contribution is 5.82. The highest BCUT2D eigenvalue weighted by Gasteiger charge is 2.21. The Morgan fingerprint density at radius 1 is 1.21 bits per heavy atom. The highest BCUT2D eigenvalue weighted by Crippen LogP contribution is 2.10. The Kier molecular flexibility index (Phi) is 6.58. The number of carbonyl (C=O) groups excluding carboxylic acids is 2. The molecular weight excluding hydrogens is 308 g/mol. The van der Waals surface area contributed by atoms with Gasteiger partial charge in [0.2, 0.25) is 5.91 Å². The zero-order chi connectivity index (χ0) is 17.4. The number of nitrogens with one attached hydrogen (secondary N) is 1. The van der Waals surface area contributed by atoms with Gasteiger partial charge in [0.15, 0.2) is 0 Å². The van der Waals surface area contributed by atoms with Crippen LogP contribution in [0.25, 0.3) is 0 Å². The minimum atomic E-state index is -0.565. The maximum absolute atomic E-state index is 12.0. The minimum absolute atomic E-state index is 0.0333. The topological polar surface area (TPSA) is 85.7 Å². The van der Waals surface area contributed by atoms with Gasteiger partial charge in [-0.2, -0.15) is 5.26 Å². The molecule has 0 atom stereocenters. The summed E-state index contributed by atoms with van der Waals surface area (Å²) < 4.78 is 4.73. The lowest BCUT2D eigenvalue weighted by Gasteiger charge is -2.34. The molecule has 0 spiro atoms. The molecule has 0 saturated carbocycles. The Labute approximate surface area is 141 Å². The molecule has 0 aliphatic carbocycles. The summed E-state index contributed by atoms with van der Waals surface area (Å²) in [4.78, 5) is 27.3. The summed E-state index contributed by atoms with van der Waals surface area (Å²) in [5, 5.41) is 11.3. The van der Waals surface area contributed by atoms with Crippen molar-refractivity contribution in [3.05, 3.63) is 35.4 Å². The number of nitrogens with zero attached hydrogens (tertiary/aromatic N) is 3. The number of amides is 2. The first-order chi connectivity index (χ1) is 11.6. The van der Waals surface area contributed by atoms with E-state index in [1.54, 1.807) is 11.8 Å². The summed E-state index contributed by atoms with van der Waals surface area (Å²) in [5.74, 6) is -0.0962. The first-order valence-corrected chi connectivity index (χ1v) is 8.02. The van der Waals surface area contributed by atoms with E-state index in [1.165, 1.54) is 0 Å². The van der Waals surface area contributed by atoms with Crippen molar-refractivity contribution in [2.45, 2.75) is 13.5 Å². The number of piperazine rings is 1. The Hall–Kier alpha value is -2.59. The molecule has 1 aliphatic heterocycles.